The zero-order valence-electron chi connectivity index (χ0n) is 14.5. The van der Waals surface area contributed by atoms with Crippen LogP contribution in [0.15, 0.2) is 36.5 Å². The third kappa shape index (κ3) is 1.79. The molecule has 2 heteroatoms. The van der Waals surface area contributed by atoms with Gasteiger partial charge in [0, 0.05) is 0 Å². The van der Waals surface area contributed by atoms with E-state index < -0.39 is 0 Å². The monoisotopic (exact) mass is 324 g/mol. The van der Waals surface area contributed by atoms with Gasteiger partial charge in [-0.05, 0) is 68.4 Å². The molecule has 0 aromatic rings. The Morgan fingerprint density at radius 3 is 2.29 bits per heavy atom. The summed E-state index contributed by atoms with van der Waals surface area (Å²) in [6, 6.07) is 0. The van der Waals surface area contributed by atoms with Gasteiger partial charge < -0.3 is 9.47 Å². The van der Waals surface area contributed by atoms with E-state index in [9.17, 15) is 0 Å². The quantitative estimate of drug-likeness (QED) is 0.508. The predicted octanol–water partition coefficient (Wildman–Crippen LogP) is 4.86. The molecule has 2 heterocycles. The molecule has 0 aromatic carbocycles. The van der Waals surface area contributed by atoms with E-state index >= 15 is 0 Å². The predicted molar refractivity (Wildman–Crippen MR) is 93.7 cm³/mol. The molecule has 4 fully saturated rings. The van der Waals surface area contributed by atoms with Crippen LogP contribution in [0, 0.1) is 11.3 Å². The molecule has 2 saturated heterocycles. The number of hydrogen-bond acceptors (Lipinski definition) is 2. The summed E-state index contributed by atoms with van der Waals surface area (Å²) in [5.41, 5.74) is 0.615. The first kappa shape index (κ1) is 14.3. The lowest BCUT2D eigenvalue weighted by atomic mass is 9.66. The van der Waals surface area contributed by atoms with Gasteiger partial charge in [-0.25, -0.2) is 0 Å². The van der Waals surface area contributed by atoms with E-state index in [2.05, 4.69) is 36.5 Å². The van der Waals surface area contributed by atoms with Crippen molar-refractivity contribution in [3.8, 4) is 0 Å². The number of rotatable bonds is 1. The maximum atomic E-state index is 6.35. The molecule has 4 aliphatic carbocycles. The highest BCUT2D eigenvalue weighted by Crippen LogP contribution is 2.66. The van der Waals surface area contributed by atoms with Crippen LogP contribution in [0.1, 0.15) is 64.2 Å². The maximum absolute atomic E-state index is 6.35. The maximum Gasteiger partial charge on any atom is 0.135 e. The molecule has 0 amide bonds. The Morgan fingerprint density at radius 2 is 1.54 bits per heavy atom. The van der Waals surface area contributed by atoms with Crippen molar-refractivity contribution in [2.75, 3.05) is 0 Å². The van der Waals surface area contributed by atoms with Gasteiger partial charge in [-0.15, -0.1) is 0 Å². The lowest BCUT2D eigenvalue weighted by Gasteiger charge is -2.36. The van der Waals surface area contributed by atoms with Crippen LogP contribution in [0.4, 0.5) is 0 Å². The fourth-order valence-corrected chi connectivity index (χ4v) is 6.51. The summed E-state index contributed by atoms with van der Waals surface area (Å²) in [5, 5.41) is 0. The summed E-state index contributed by atoms with van der Waals surface area (Å²) in [6.45, 7) is 0. The van der Waals surface area contributed by atoms with Crippen molar-refractivity contribution in [2.45, 2.75) is 87.1 Å². The fourth-order valence-electron chi connectivity index (χ4n) is 6.51. The third-order valence-corrected chi connectivity index (χ3v) is 8.08. The Morgan fingerprint density at radius 1 is 0.792 bits per heavy atom. The summed E-state index contributed by atoms with van der Waals surface area (Å²) < 4.78 is 12.6. The smallest absolute Gasteiger partial charge is 0.135 e. The van der Waals surface area contributed by atoms with Gasteiger partial charge in [0.1, 0.15) is 16.8 Å². The molecule has 6 aliphatic rings. The molecule has 4 spiro atoms. The van der Waals surface area contributed by atoms with Crippen LogP contribution in [-0.2, 0) is 9.47 Å². The Kier molecular flexibility index (Phi) is 2.66. The number of hydrogen-bond donors (Lipinski definition) is 0. The lowest BCUT2D eigenvalue weighted by Crippen LogP contribution is -2.34. The van der Waals surface area contributed by atoms with Gasteiger partial charge in [0.2, 0.25) is 0 Å². The summed E-state index contributed by atoms with van der Waals surface area (Å²) in [4.78, 5) is 0. The molecule has 2 nitrogen and oxygen atoms in total. The number of fused-ring (bicyclic) bond motifs is 1. The van der Waals surface area contributed by atoms with E-state index in [0.717, 1.165) is 5.92 Å². The van der Waals surface area contributed by atoms with Crippen molar-refractivity contribution < 1.29 is 9.47 Å². The van der Waals surface area contributed by atoms with E-state index in [0.29, 0.717) is 11.5 Å². The van der Waals surface area contributed by atoms with Crippen molar-refractivity contribution in [3.05, 3.63) is 36.5 Å². The van der Waals surface area contributed by atoms with Crippen LogP contribution in [0.5, 0.6) is 0 Å². The summed E-state index contributed by atoms with van der Waals surface area (Å²) >= 11 is 0. The number of allylic oxidation sites excluding steroid dienone is 3. The second-order valence-corrected chi connectivity index (χ2v) is 9.37. The van der Waals surface area contributed by atoms with Gasteiger partial charge in [0.05, 0.1) is 6.10 Å². The Hall–Kier alpha value is -0.860. The lowest BCUT2D eigenvalue weighted by molar-refractivity contribution is 0.138. The van der Waals surface area contributed by atoms with Crippen molar-refractivity contribution in [1.82, 2.24) is 0 Å². The van der Waals surface area contributed by atoms with Gasteiger partial charge in [-0.3, -0.25) is 0 Å². The van der Waals surface area contributed by atoms with Crippen LogP contribution in [0.25, 0.3) is 0 Å². The standard InChI is InChI=1S/C22H28O2/c1-2-6-17(7-3-1)18-20(23-18)13-10-19(16-20)11-14-22(15-12-19)21(24-22)8-4-5-9-21/h4-5,8-10,13,17-18H,1-3,6-7,11-12,14-16H2/t18-,19?,20-,22?/m0/s1. The molecule has 6 rings (SSSR count). The SMILES string of the molecule is C1=CC2(C=C1)OC21CCC2(C=C[C@@]3(C2)O[C@H]3C2CCCCC2)CC1. The van der Waals surface area contributed by atoms with Gasteiger partial charge in [-0.1, -0.05) is 43.6 Å². The van der Waals surface area contributed by atoms with Crippen LogP contribution in [0.3, 0.4) is 0 Å². The molecule has 2 saturated carbocycles. The molecule has 0 N–H and O–H groups in total. The van der Waals surface area contributed by atoms with E-state index in [1.165, 1.54) is 64.2 Å². The summed E-state index contributed by atoms with van der Waals surface area (Å²) in [6.07, 6.45) is 27.6. The molecular weight excluding hydrogens is 296 g/mol. The second kappa shape index (κ2) is 4.45. The highest BCUT2D eigenvalue weighted by molar-refractivity contribution is 5.42. The summed E-state index contributed by atoms with van der Waals surface area (Å²) in [7, 11) is 0. The minimum atomic E-state index is -0.0324. The van der Waals surface area contributed by atoms with Crippen LogP contribution >= 0.6 is 0 Å². The topological polar surface area (TPSA) is 25.1 Å². The normalized spacial score (nSPS) is 50.8. The number of epoxide rings is 2. The average Bonchev–Trinajstić information content (AvgIpc) is 3.29. The molecule has 0 radical (unpaired) electrons. The molecule has 2 aliphatic heterocycles. The Labute approximate surface area is 145 Å². The third-order valence-electron chi connectivity index (χ3n) is 8.08. The highest BCUT2D eigenvalue weighted by atomic mass is 16.6. The van der Waals surface area contributed by atoms with E-state index in [-0.39, 0.29) is 16.8 Å². The van der Waals surface area contributed by atoms with Gasteiger partial charge in [0.15, 0.2) is 0 Å². The van der Waals surface area contributed by atoms with Crippen molar-refractivity contribution in [3.63, 3.8) is 0 Å². The largest absolute Gasteiger partial charge is 0.361 e. The average molecular weight is 324 g/mol. The van der Waals surface area contributed by atoms with Crippen molar-refractivity contribution >= 4 is 0 Å². The first-order valence-corrected chi connectivity index (χ1v) is 10.1. The molecule has 0 aromatic heterocycles. The molecule has 2 atom stereocenters. The van der Waals surface area contributed by atoms with Gasteiger partial charge in [-0.2, -0.15) is 0 Å². The minimum absolute atomic E-state index is 0.0324. The van der Waals surface area contributed by atoms with E-state index in [4.69, 9.17) is 9.47 Å². The van der Waals surface area contributed by atoms with E-state index in [1.54, 1.807) is 0 Å². The first-order valence-electron chi connectivity index (χ1n) is 10.1. The van der Waals surface area contributed by atoms with Crippen molar-refractivity contribution in [1.29, 1.82) is 0 Å². The molecule has 0 unspecified atom stereocenters. The zero-order chi connectivity index (χ0) is 15.9. The van der Waals surface area contributed by atoms with Crippen molar-refractivity contribution in [2.24, 2.45) is 11.3 Å². The molecule has 128 valence electrons. The van der Waals surface area contributed by atoms with Gasteiger partial charge >= 0.3 is 0 Å². The van der Waals surface area contributed by atoms with E-state index in [1.807, 2.05) is 0 Å². The minimum Gasteiger partial charge on any atom is -0.361 e. The molecule has 0 bridgehead atoms. The first-order chi connectivity index (χ1) is 11.7. The highest BCUT2D eigenvalue weighted by Gasteiger charge is 2.70. The van der Waals surface area contributed by atoms with Crippen LogP contribution < -0.4 is 0 Å². The van der Waals surface area contributed by atoms with Gasteiger partial charge in [0.25, 0.3) is 0 Å². The molecular formula is C22H28O2. The second-order valence-electron chi connectivity index (χ2n) is 9.37. The fraction of sp³-hybridized carbons (Fsp3) is 0.727. The van der Waals surface area contributed by atoms with Crippen LogP contribution in [0.2, 0.25) is 0 Å². The molecule has 24 heavy (non-hydrogen) atoms. The Bertz CT molecular complexity index is 631. The zero-order valence-corrected chi connectivity index (χ0v) is 14.5. The Balaban J connectivity index is 1.13. The number of ether oxygens (including phenoxy) is 2. The van der Waals surface area contributed by atoms with Crippen LogP contribution in [-0.4, -0.2) is 22.9 Å². The summed E-state index contributed by atoms with van der Waals surface area (Å²) in [5.74, 6) is 0.831.